The molecular formula is C24H21BO. The average Bonchev–Trinajstić information content (AvgIpc) is 2.61. The lowest BCUT2D eigenvalue weighted by Crippen LogP contribution is -2.35. The molecule has 0 N–H and O–H groups in total. The lowest BCUT2D eigenvalue weighted by molar-refractivity contribution is -0.0161. The van der Waals surface area contributed by atoms with Gasteiger partial charge in [-0.25, -0.2) is 0 Å². The smallest absolute Gasteiger partial charge is 0.126 e. The molecule has 0 saturated heterocycles. The Kier molecular flexibility index (Phi) is 3.42. The number of fused-ring (bicyclic) bond motifs is 2. The van der Waals surface area contributed by atoms with Gasteiger partial charge in [0.1, 0.15) is 7.85 Å². The zero-order chi connectivity index (χ0) is 17.9. The highest BCUT2D eigenvalue weighted by molar-refractivity contribution is 6.16. The molecule has 3 aromatic rings. The largest absolute Gasteiger partial charge is 0.373 e. The van der Waals surface area contributed by atoms with Gasteiger partial charge >= 0.3 is 0 Å². The molecule has 0 spiro atoms. The highest BCUT2D eigenvalue weighted by Gasteiger charge is 2.31. The molecule has 0 saturated carbocycles. The second kappa shape index (κ2) is 5.59. The van der Waals surface area contributed by atoms with Crippen LogP contribution < -0.4 is 0 Å². The molecule has 3 aromatic carbocycles. The summed E-state index contributed by atoms with van der Waals surface area (Å²) >= 11 is 0. The first-order valence-electron chi connectivity index (χ1n) is 9.33. The molecule has 2 aliphatic rings. The molecule has 2 atom stereocenters. The number of hydrogen-bond acceptors (Lipinski definition) is 1. The molecule has 2 heteroatoms. The van der Waals surface area contributed by atoms with E-state index in [0.717, 1.165) is 18.4 Å². The highest BCUT2D eigenvalue weighted by atomic mass is 16.5. The van der Waals surface area contributed by atoms with Gasteiger partial charge in [0.15, 0.2) is 0 Å². The summed E-state index contributed by atoms with van der Waals surface area (Å²) in [4.78, 5) is 0. The van der Waals surface area contributed by atoms with Crippen LogP contribution in [0.3, 0.4) is 0 Å². The van der Waals surface area contributed by atoms with Gasteiger partial charge in [0.25, 0.3) is 0 Å². The minimum Gasteiger partial charge on any atom is -0.373 e. The Balaban J connectivity index is 1.71. The van der Waals surface area contributed by atoms with Crippen molar-refractivity contribution in [2.75, 3.05) is 0 Å². The normalized spacial score (nSPS) is 24.2. The van der Waals surface area contributed by atoms with Crippen LogP contribution in [0.5, 0.6) is 0 Å². The molecule has 1 aliphatic heterocycles. The Morgan fingerprint density at radius 3 is 2.62 bits per heavy atom. The van der Waals surface area contributed by atoms with Crippen LogP contribution in [0.1, 0.15) is 37.0 Å². The molecule has 2 unspecified atom stereocenters. The Hall–Kier alpha value is -2.32. The van der Waals surface area contributed by atoms with E-state index in [9.17, 15) is 0 Å². The molecule has 0 aromatic heterocycles. The van der Waals surface area contributed by atoms with Gasteiger partial charge in [-0.1, -0.05) is 60.2 Å². The standard InChI is InChI=1S/C24H21BO/c1-15-11-16(2)26-24(25,14-15)20-10-9-18-12-19-7-3-5-17-6-4-8-21(23(17)19)22(18)13-20/h3-10,13-14,16H,11-12H2,1-2H3. The summed E-state index contributed by atoms with van der Waals surface area (Å²) in [6, 6.07) is 19.7. The molecule has 1 aliphatic carbocycles. The number of hydrogen-bond donors (Lipinski definition) is 0. The highest BCUT2D eigenvalue weighted by Crippen LogP contribution is 2.42. The van der Waals surface area contributed by atoms with Crippen molar-refractivity contribution in [3.8, 4) is 11.1 Å². The fourth-order valence-electron chi connectivity index (χ4n) is 4.66. The fraction of sp³-hybridized carbons (Fsp3) is 0.250. The van der Waals surface area contributed by atoms with Gasteiger partial charge in [-0.15, -0.1) is 0 Å². The van der Waals surface area contributed by atoms with Gasteiger partial charge in [0, 0.05) is 0 Å². The van der Waals surface area contributed by atoms with Gasteiger partial charge in [0.2, 0.25) is 0 Å². The van der Waals surface area contributed by atoms with E-state index in [1.807, 2.05) is 0 Å². The van der Waals surface area contributed by atoms with Crippen molar-refractivity contribution in [2.24, 2.45) is 0 Å². The van der Waals surface area contributed by atoms with Gasteiger partial charge < -0.3 is 4.74 Å². The topological polar surface area (TPSA) is 9.23 Å². The van der Waals surface area contributed by atoms with Crippen molar-refractivity contribution >= 4 is 18.6 Å². The third-order valence-corrected chi connectivity index (χ3v) is 5.69. The number of rotatable bonds is 1. The Labute approximate surface area is 156 Å². The minimum atomic E-state index is -0.846. The van der Waals surface area contributed by atoms with Crippen LogP contribution in [0.25, 0.3) is 21.9 Å². The lowest BCUT2D eigenvalue weighted by atomic mass is 9.71. The zero-order valence-electron chi connectivity index (χ0n) is 15.3. The summed E-state index contributed by atoms with van der Waals surface area (Å²) in [6.45, 7) is 4.23. The molecule has 0 amide bonds. The van der Waals surface area contributed by atoms with Crippen LogP contribution in [0.4, 0.5) is 0 Å². The predicted molar refractivity (Wildman–Crippen MR) is 109 cm³/mol. The molecule has 0 fully saturated rings. The van der Waals surface area contributed by atoms with E-state index < -0.39 is 5.50 Å². The molecule has 126 valence electrons. The summed E-state index contributed by atoms with van der Waals surface area (Å²) in [5.41, 5.74) is 6.81. The number of benzene rings is 3. The summed E-state index contributed by atoms with van der Waals surface area (Å²) in [6.07, 6.45) is 4.11. The lowest BCUT2D eigenvalue weighted by Gasteiger charge is -2.37. The monoisotopic (exact) mass is 336 g/mol. The minimum absolute atomic E-state index is 0.130. The van der Waals surface area contributed by atoms with E-state index in [4.69, 9.17) is 12.6 Å². The van der Waals surface area contributed by atoms with E-state index in [0.29, 0.717) is 0 Å². The summed E-state index contributed by atoms with van der Waals surface area (Å²) in [5.74, 6) is 0. The van der Waals surface area contributed by atoms with Crippen molar-refractivity contribution in [3.63, 3.8) is 0 Å². The van der Waals surface area contributed by atoms with E-state index in [2.05, 4.69) is 74.5 Å². The number of ether oxygens (including phenoxy) is 1. The predicted octanol–water partition coefficient (Wildman–Crippen LogP) is 5.49. The maximum absolute atomic E-state index is 6.69. The van der Waals surface area contributed by atoms with Gasteiger partial charge in [-0.3, -0.25) is 0 Å². The van der Waals surface area contributed by atoms with Gasteiger partial charge in [0.05, 0.1) is 11.6 Å². The van der Waals surface area contributed by atoms with Crippen LogP contribution >= 0.6 is 0 Å². The third kappa shape index (κ3) is 2.36. The molecule has 1 nitrogen and oxygen atoms in total. The SMILES string of the molecule is [B]C1(c2ccc3c(c2)-c2cccc4cccc(c24)C3)C=C(C)CC(C)O1. The van der Waals surface area contributed by atoms with Crippen LogP contribution in [0.2, 0.25) is 0 Å². The first kappa shape index (κ1) is 15.9. The quantitative estimate of drug-likeness (QED) is 0.330. The van der Waals surface area contributed by atoms with E-state index in [-0.39, 0.29) is 6.10 Å². The van der Waals surface area contributed by atoms with Gasteiger partial charge in [-0.05, 0) is 71.3 Å². The second-order valence-corrected chi connectivity index (χ2v) is 7.79. The molecule has 5 rings (SSSR count). The Morgan fingerprint density at radius 1 is 1.00 bits per heavy atom. The molecule has 1 heterocycles. The summed E-state index contributed by atoms with van der Waals surface area (Å²) < 4.78 is 6.17. The first-order chi connectivity index (χ1) is 12.5. The van der Waals surface area contributed by atoms with Crippen molar-refractivity contribution < 1.29 is 4.74 Å². The fourth-order valence-corrected chi connectivity index (χ4v) is 4.66. The van der Waals surface area contributed by atoms with Crippen LogP contribution in [0, 0.1) is 0 Å². The van der Waals surface area contributed by atoms with Crippen LogP contribution in [-0.4, -0.2) is 14.0 Å². The van der Waals surface area contributed by atoms with Crippen molar-refractivity contribution in [2.45, 2.75) is 38.3 Å². The Morgan fingerprint density at radius 2 is 1.81 bits per heavy atom. The van der Waals surface area contributed by atoms with Crippen LogP contribution in [0.15, 0.2) is 66.2 Å². The third-order valence-electron chi connectivity index (χ3n) is 5.69. The maximum atomic E-state index is 6.69. The van der Waals surface area contributed by atoms with Crippen molar-refractivity contribution in [3.05, 3.63) is 82.9 Å². The summed E-state index contributed by atoms with van der Waals surface area (Å²) in [5, 5.41) is 2.67. The van der Waals surface area contributed by atoms with Gasteiger partial charge in [-0.2, -0.15) is 0 Å². The Bertz CT molecular complexity index is 1060. The summed E-state index contributed by atoms with van der Waals surface area (Å²) in [7, 11) is 6.69. The molecular weight excluding hydrogens is 315 g/mol. The van der Waals surface area contributed by atoms with E-state index in [1.165, 1.54) is 38.6 Å². The average molecular weight is 336 g/mol. The van der Waals surface area contributed by atoms with E-state index >= 15 is 0 Å². The zero-order valence-corrected chi connectivity index (χ0v) is 15.3. The van der Waals surface area contributed by atoms with Crippen molar-refractivity contribution in [1.82, 2.24) is 0 Å². The first-order valence-corrected chi connectivity index (χ1v) is 9.33. The van der Waals surface area contributed by atoms with Crippen LogP contribution in [-0.2, 0) is 16.7 Å². The maximum Gasteiger partial charge on any atom is 0.126 e. The molecule has 2 radical (unpaired) electrons. The molecule has 0 bridgehead atoms. The van der Waals surface area contributed by atoms with E-state index in [1.54, 1.807) is 0 Å². The van der Waals surface area contributed by atoms with Crippen molar-refractivity contribution in [1.29, 1.82) is 0 Å². The molecule has 26 heavy (non-hydrogen) atoms. The second-order valence-electron chi connectivity index (χ2n) is 7.79.